The molecule has 0 N–H and O–H groups in total. The zero-order valence-electron chi connectivity index (χ0n) is 21.9. The van der Waals surface area contributed by atoms with E-state index in [-0.39, 0.29) is 31.4 Å². The van der Waals surface area contributed by atoms with Crippen molar-refractivity contribution in [1.82, 2.24) is 14.8 Å². The SMILES string of the molecule is O=C(c1cc(C(F)(F)F)ccn1)[C@]12Cc3cnn(-c4ccc(F)cc4)c3C=C1CC[C@H](S(=O)(=O)C1CCOCC1)C2. The van der Waals surface area contributed by atoms with Gasteiger partial charge < -0.3 is 4.74 Å². The maximum atomic E-state index is 14.3. The van der Waals surface area contributed by atoms with Gasteiger partial charge >= 0.3 is 6.18 Å². The number of hydrogen-bond donors (Lipinski definition) is 0. The smallest absolute Gasteiger partial charge is 0.381 e. The van der Waals surface area contributed by atoms with Gasteiger partial charge in [0.25, 0.3) is 0 Å². The topological polar surface area (TPSA) is 91.1 Å². The molecule has 2 fully saturated rings. The summed E-state index contributed by atoms with van der Waals surface area (Å²) in [4.78, 5) is 18.3. The molecule has 216 valence electrons. The van der Waals surface area contributed by atoms with Gasteiger partial charge in [0.15, 0.2) is 15.6 Å². The van der Waals surface area contributed by atoms with E-state index in [1.165, 1.54) is 12.1 Å². The monoisotopic (exact) mass is 589 g/mol. The summed E-state index contributed by atoms with van der Waals surface area (Å²) in [6.45, 7) is 0.678. The number of ether oxygens (including phenoxy) is 1. The van der Waals surface area contributed by atoms with Gasteiger partial charge in [-0.3, -0.25) is 9.78 Å². The van der Waals surface area contributed by atoms with Gasteiger partial charge in [-0.15, -0.1) is 0 Å². The number of halogens is 4. The second-order valence-electron chi connectivity index (χ2n) is 10.9. The van der Waals surface area contributed by atoms with Crippen LogP contribution in [-0.4, -0.2) is 52.7 Å². The van der Waals surface area contributed by atoms with Crippen LogP contribution in [0.15, 0.2) is 54.4 Å². The van der Waals surface area contributed by atoms with E-state index in [0.29, 0.717) is 48.6 Å². The molecule has 1 aromatic carbocycles. The summed E-state index contributed by atoms with van der Waals surface area (Å²) in [5, 5.41) is 3.02. The highest BCUT2D eigenvalue weighted by molar-refractivity contribution is 7.92. The van der Waals surface area contributed by atoms with E-state index < -0.39 is 49.1 Å². The van der Waals surface area contributed by atoms with Gasteiger partial charge in [-0.1, -0.05) is 5.57 Å². The second-order valence-corrected chi connectivity index (χ2v) is 13.4. The first-order valence-electron chi connectivity index (χ1n) is 13.4. The number of fused-ring (bicyclic) bond motifs is 2. The highest BCUT2D eigenvalue weighted by atomic mass is 32.2. The van der Waals surface area contributed by atoms with Gasteiger partial charge in [0.05, 0.1) is 39.1 Å². The van der Waals surface area contributed by atoms with Crippen molar-refractivity contribution in [3.8, 4) is 5.69 Å². The van der Waals surface area contributed by atoms with E-state index in [9.17, 15) is 30.8 Å². The summed E-state index contributed by atoms with van der Waals surface area (Å²) in [5.41, 5.74) is -0.220. The van der Waals surface area contributed by atoms with Crippen molar-refractivity contribution >= 4 is 21.7 Å². The number of hydrogen-bond acceptors (Lipinski definition) is 6. The molecule has 2 aromatic heterocycles. The van der Waals surface area contributed by atoms with Gasteiger partial charge in [0.2, 0.25) is 0 Å². The number of carbonyl (C=O) groups excluding carboxylic acids is 1. The molecule has 1 saturated carbocycles. The van der Waals surface area contributed by atoms with Gasteiger partial charge in [0.1, 0.15) is 11.5 Å². The summed E-state index contributed by atoms with van der Waals surface area (Å²) in [7, 11) is -3.66. The molecule has 6 rings (SSSR count). The van der Waals surface area contributed by atoms with E-state index in [0.717, 1.165) is 18.3 Å². The zero-order chi connectivity index (χ0) is 29.0. The summed E-state index contributed by atoms with van der Waals surface area (Å²) < 4.78 is 88.7. The number of aromatic nitrogens is 3. The predicted molar refractivity (Wildman–Crippen MR) is 142 cm³/mol. The number of rotatable bonds is 5. The zero-order valence-corrected chi connectivity index (χ0v) is 22.7. The van der Waals surface area contributed by atoms with Crippen LogP contribution in [-0.2, 0) is 27.2 Å². The van der Waals surface area contributed by atoms with Crippen molar-refractivity contribution in [1.29, 1.82) is 0 Å². The molecular weight excluding hydrogens is 562 g/mol. The molecule has 3 aromatic rings. The normalized spacial score (nSPS) is 23.4. The lowest BCUT2D eigenvalue weighted by atomic mass is 9.61. The number of alkyl halides is 3. The largest absolute Gasteiger partial charge is 0.416 e. The van der Waals surface area contributed by atoms with E-state index in [2.05, 4.69) is 10.1 Å². The van der Waals surface area contributed by atoms with Gasteiger partial charge in [-0.2, -0.15) is 18.3 Å². The molecule has 1 saturated heterocycles. The van der Waals surface area contributed by atoms with Crippen LogP contribution in [0.4, 0.5) is 17.6 Å². The van der Waals surface area contributed by atoms with E-state index in [1.807, 2.05) is 0 Å². The molecule has 2 aliphatic carbocycles. The number of Topliss-reactive ketones (excluding diaryl/α,β-unsaturated/α-hetero) is 1. The lowest BCUT2D eigenvalue weighted by molar-refractivity contribution is -0.137. The Morgan fingerprint density at radius 3 is 2.49 bits per heavy atom. The average Bonchev–Trinajstić information content (AvgIpc) is 3.38. The van der Waals surface area contributed by atoms with Crippen molar-refractivity contribution in [3.05, 3.63) is 82.7 Å². The number of ketones is 1. The Bertz CT molecular complexity index is 1630. The first-order valence-corrected chi connectivity index (χ1v) is 15.0. The summed E-state index contributed by atoms with van der Waals surface area (Å²) in [6, 6.07) is 7.28. The Hall–Kier alpha value is -3.38. The Balaban J connectivity index is 1.44. The number of pyridine rings is 1. The first-order chi connectivity index (χ1) is 19.5. The minimum atomic E-state index is -4.67. The maximum absolute atomic E-state index is 14.3. The van der Waals surface area contributed by atoms with Crippen molar-refractivity contribution < 1.29 is 35.5 Å². The van der Waals surface area contributed by atoms with Gasteiger partial charge in [-0.25, -0.2) is 17.5 Å². The third kappa shape index (κ3) is 4.90. The van der Waals surface area contributed by atoms with Gasteiger partial charge in [0, 0.05) is 19.4 Å². The average molecular weight is 590 g/mol. The molecule has 0 radical (unpaired) electrons. The van der Waals surface area contributed by atoms with Gasteiger partial charge in [-0.05, 0) is 86.6 Å². The molecule has 41 heavy (non-hydrogen) atoms. The Morgan fingerprint density at radius 2 is 1.78 bits per heavy atom. The third-order valence-electron chi connectivity index (χ3n) is 8.54. The first kappa shape index (κ1) is 27.8. The van der Waals surface area contributed by atoms with E-state index >= 15 is 0 Å². The summed E-state index contributed by atoms with van der Waals surface area (Å²) in [5.74, 6) is -1.04. The maximum Gasteiger partial charge on any atom is 0.416 e. The molecular formula is C29H27F4N3O4S. The number of sulfone groups is 1. The van der Waals surface area contributed by atoms with Crippen LogP contribution >= 0.6 is 0 Å². The van der Waals surface area contributed by atoms with Crippen molar-refractivity contribution in [2.24, 2.45) is 5.41 Å². The lowest BCUT2D eigenvalue weighted by Crippen LogP contribution is -2.48. The van der Waals surface area contributed by atoms with Crippen LogP contribution in [0.5, 0.6) is 0 Å². The van der Waals surface area contributed by atoms with Crippen LogP contribution in [0, 0.1) is 11.2 Å². The quantitative estimate of drug-likeness (QED) is 0.293. The van der Waals surface area contributed by atoms with Crippen LogP contribution in [0.1, 0.15) is 59.4 Å². The van der Waals surface area contributed by atoms with Crippen molar-refractivity contribution in [2.75, 3.05) is 13.2 Å². The fourth-order valence-corrected chi connectivity index (χ4v) is 8.74. The fraction of sp³-hybridized carbons (Fsp3) is 0.414. The Labute approximate surface area is 234 Å². The highest BCUT2D eigenvalue weighted by Crippen LogP contribution is 2.52. The summed E-state index contributed by atoms with van der Waals surface area (Å²) >= 11 is 0. The number of benzene rings is 1. The third-order valence-corrected chi connectivity index (χ3v) is 11.3. The molecule has 0 unspecified atom stereocenters. The van der Waals surface area contributed by atoms with E-state index in [1.54, 1.807) is 29.1 Å². The van der Waals surface area contributed by atoms with Crippen molar-refractivity contribution in [3.63, 3.8) is 0 Å². The highest BCUT2D eigenvalue weighted by Gasteiger charge is 2.53. The van der Waals surface area contributed by atoms with Crippen molar-refractivity contribution in [2.45, 2.75) is 55.2 Å². The minimum Gasteiger partial charge on any atom is -0.381 e. The van der Waals surface area contributed by atoms with Crippen LogP contribution in [0.2, 0.25) is 0 Å². The lowest BCUT2D eigenvalue weighted by Gasteiger charge is -2.44. The Morgan fingerprint density at radius 1 is 1.05 bits per heavy atom. The molecule has 0 bridgehead atoms. The number of nitrogens with zero attached hydrogens (tertiary/aromatic N) is 3. The van der Waals surface area contributed by atoms with Crippen LogP contribution in [0.25, 0.3) is 11.8 Å². The van der Waals surface area contributed by atoms with E-state index in [4.69, 9.17) is 4.74 Å². The number of allylic oxidation sites excluding steroid dienone is 1. The molecule has 0 amide bonds. The molecule has 7 nitrogen and oxygen atoms in total. The molecule has 1 aliphatic heterocycles. The standard InChI is InChI=1S/C29H27F4N3O4S/c30-21-2-4-22(5-3-21)36-26-14-19-1-6-24(41(38,39)23-8-11-40-12-9-23)16-28(19,15-18(26)17-35-36)27(37)25-13-20(7-10-34-25)29(31,32)33/h2-5,7,10,13-14,17,23-24H,1,6,8-9,11-12,15-16H2/t24-,28-/m0/s1. The summed E-state index contributed by atoms with van der Waals surface area (Å²) in [6.07, 6.45) is 0.931. The predicted octanol–water partition coefficient (Wildman–Crippen LogP) is 5.38. The van der Waals surface area contributed by atoms with Crippen LogP contribution in [0.3, 0.4) is 0 Å². The fourth-order valence-electron chi connectivity index (χ4n) is 6.39. The Kier molecular flexibility index (Phi) is 6.88. The molecule has 0 spiro atoms. The van der Waals surface area contributed by atoms with Crippen LogP contribution < -0.4 is 0 Å². The molecule has 3 aliphatic rings. The second kappa shape index (κ2) is 10.2. The molecule has 2 atom stereocenters. The molecule has 12 heteroatoms. The molecule has 3 heterocycles. The minimum absolute atomic E-state index is 0.0591. The number of carbonyl (C=O) groups is 1.